The third-order valence-electron chi connectivity index (χ3n) is 18.3. The number of likely N-dealkylation sites (N-methyl/N-ethyl adjacent to an activating group) is 1. The van der Waals surface area contributed by atoms with Gasteiger partial charge in [-0.25, -0.2) is 9.59 Å². The number of piperidine rings is 1. The van der Waals surface area contributed by atoms with Gasteiger partial charge in [-0.1, -0.05) is 86.7 Å². The molecule has 6 heterocycles. The van der Waals surface area contributed by atoms with Crippen molar-refractivity contribution in [3.05, 3.63) is 126 Å². The summed E-state index contributed by atoms with van der Waals surface area (Å²) in [4.78, 5) is 68.4. The summed E-state index contributed by atoms with van der Waals surface area (Å²) in [6, 6.07) is 28.6. The first-order chi connectivity index (χ1) is 35.7. The standard InChI is InChI=1S/C59H68N6O9/c1-8-55(62-54(69)60-40-22-20-39(21-23-40)38-16-11-10-12-17-38)32-37-33-58(52(67)72-6,48-42(24-28-64(34-37)35-55)41-18-13-14-19-45(41)61-48)44-30-43-46(31-47(44)71-5)63(4)50-57(43)26-29-65-27-15-25-56(9-2,49(57)65)51(74-36(3)66)59(50,70)53(68)73-7/h10-23,25,30-31,37,49-51,61,70H,8-9,24,26-29,32-35H2,1-7H3,(H2,60,62,69)/t37?,49-,50?,51+,55?,56+,57+,58-,59-/m0/s1. The van der Waals surface area contributed by atoms with Gasteiger partial charge in [0, 0.05) is 96.6 Å². The number of hydrogen-bond donors (Lipinski definition) is 4. The van der Waals surface area contributed by atoms with Gasteiger partial charge in [-0.2, -0.15) is 0 Å². The first-order valence-corrected chi connectivity index (χ1v) is 26.2. The first kappa shape index (κ1) is 49.5. The van der Waals surface area contributed by atoms with E-state index < -0.39 is 57.4 Å². The number of amides is 2. The zero-order chi connectivity index (χ0) is 52.0. The number of para-hydroxylation sites is 1. The fourth-order valence-corrected chi connectivity index (χ4v) is 15.5. The Bertz CT molecular complexity index is 3070. The normalized spacial score (nSPS) is 31.6. The highest BCUT2D eigenvalue weighted by Gasteiger charge is 2.80. The Morgan fingerprint density at radius 3 is 2.27 bits per heavy atom. The molecule has 2 bridgehead atoms. The van der Waals surface area contributed by atoms with Gasteiger partial charge in [0.25, 0.3) is 0 Å². The van der Waals surface area contributed by atoms with Crippen molar-refractivity contribution in [2.45, 2.75) is 99.5 Å². The van der Waals surface area contributed by atoms with E-state index in [1.165, 1.54) is 21.1 Å². The van der Waals surface area contributed by atoms with Crippen LogP contribution in [0.15, 0.2) is 103 Å². The van der Waals surface area contributed by atoms with Crippen LogP contribution in [0.4, 0.5) is 16.2 Å². The van der Waals surface area contributed by atoms with E-state index in [1.54, 1.807) is 7.11 Å². The molecular weight excluding hydrogens is 937 g/mol. The van der Waals surface area contributed by atoms with Crippen LogP contribution in [-0.2, 0) is 45.8 Å². The number of carbonyl (C=O) groups is 4. The van der Waals surface area contributed by atoms with Gasteiger partial charge in [-0.05, 0) is 97.5 Å². The van der Waals surface area contributed by atoms with Crippen molar-refractivity contribution < 1.29 is 43.2 Å². The van der Waals surface area contributed by atoms with Gasteiger partial charge < -0.3 is 49.5 Å². The molecular formula is C59H68N6O9. The fourth-order valence-electron chi connectivity index (χ4n) is 15.5. The minimum absolute atomic E-state index is 0.154. The number of benzene rings is 4. The summed E-state index contributed by atoms with van der Waals surface area (Å²) in [7, 11) is 6.17. The largest absolute Gasteiger partial charge is 0.496 e. The average Bonchev–Trinajstić information content (AvgIpc) is 4.08. The number of aromatic amines is 1. The second-order valence-corrected chi connectivity index (χ2v) is 21.8. The first-order valence-electron chi connectivity index (χ1n) is 26.2. The molecule has 4 aromatic carbocycles. The van der Waals surface area contributed by atoms with Crippen molar-refractivity contribution in [2.75, 3.05) is 71.3 Å². The summed E-state index contributed by atoms with van der Waals surface area (Å²) in [5.74, 6) is -1.69. The molecule has 2 saturated heterocycles. The lowest BCUT2D eigenvalue weighted by Crippen LogP contribution is -2.81. The fraction of sp³-hybridized carbons (Fsp3) is 0.458. The lowest BCUT2D eigenvalue weighted by molar-refractivity contribution is -0.228. The number of fused-ring (bicyclic) bond motifs is 6. The van der Waals surface area contributed by atoms with E-state index >= 15 is 4.79 Å². The number of nitrogens with zero attached hydrogens (tertiary/aromatic N) is 3. The van der Waals surface area contributed by atoms with Gasteiger partial charge in [0.1, 0.15) is 11.2 Å². The van der Waals surface area contributed by atoms with Crippen molar-refractivity contribution in [3.8, 4) is 16.9 Å². The molecule has 1 aromatic heterocycles. The molecule has 5 aromatic rings. The van der Waals surface area contributed by atoms with E-state index in [4.69, 9.17) is 18.9 Å². The molecule has 3 fully saturated rings. The van der Waals surface area contributed by atoms with Crippen LogP contribution < -0.4 is 20.3 Å². The van der Waals surface area contributed by atoms with Crippen LogP contribution >= 0.6 is 0 Å². The van der Waals surface area contributed by atoms with E-state index in [0.717, 1.165) is 44.5 Å². The Kier molecular flexibility index (Phi) is 12.3. The topological polar surface area (TPSA) is 175 Å². The zero-order valence-corrected chi connectivity index (χ0v) is 43.5. The molecule has 0 radical (unpaired) electrons. The molecule has 1 aliphatic carbocycles. The summed E-state index contributed by atoms with van der Waals surface area (Å²) < 4.78 is 24.3. The monoisotopic (exact) mass is 1000 g/mol. The van der Waals surface area contributed by atoms with Crippen LogP contribution in [0.2, 0.25) is 0 Å². The van der Waals surface area contributed by atoms with Crippen molar-refractivity contribution in [1.29, 1.82) is 0 Å². The van der Waals surface area contributed by atoms with Crippen LogP contribution in [-0.4, -0.2) is 134 Å². The Morgan fingerprint density at radius 1 is 0.838 bits per heavy atom. The number of urea groups is 1. The number of ether oxygens (including phenoxy) is 4. The summed E-state index contributed by atoms with van der Waals surface area (Å²) in [5, 5.41) is 21.1. The lowest BCUT2D eigenvalue weighted by Gasteiger charge is -2.63. The molecule has 10 atom stereocenters. The van der Waals surface area contributed by atoms with E-state index in [-0.39, 0.29) is 18.0 Å². The molecule has 15 nitrogen and oxygen atoms in total. The highest BCUT2D eigenvalue weighted by Crippen LogP contribution is 2.68. The highest BCUT2D eigenvalue weighted by atomic mass is 16.6. The summed E-state index contributed by atoms with van der Waals surface area (Å²) in [6.45, 7) is 8.65. The second kappa shape index (κ2) is 18.3. The second-order valence-electron chi connectivity index (χ2n) is 21.8. The number of H-pyrrole nitrogens is 1. The molecule has 388 valence electrons. The molecule has 2 amide bonds. The smallest absolute Gasteiger partial charge is 0.344 e. The summed E-state index contributed by atoms with van der Waals surface area (Å²) in [6.07, 6.45) is 5.90. The average molecular weight is 1010 g/mol. The van der Waals surface area contributed by atoms with Crippen LogP contribution in [0, 0.1) is 11.3 Å². The number of esters is 3. The molecule has 11 rings (SSSR count). The van der Waals surface area contributed by atoms with E-state index in [9.17, 15) is 19.5 Å². The maximum absolute atomic E-state index is 15.8. The maximum atomic E-state index is 15.8. The lowest BCUT2D eigenvalue weighted by atomic mass is 9.47. The number of rotatable bonds is 10. The quantitative estimate of drug-likeness (QED) is 0.0618. The molecule has 6 aliphatic rings. The minimum Gasteiger partial charge on any atom is -0.496 e. The van der Waals surface area contributed by atoms with E-state index in [2.05, 4.69) is 68.8 Å². The van der Waals surface area contributed by atoms with Gasteiger partial charge in [0.15, 0.2) is 6.10 Å². The molecule has 15 heteroatoms. The Balaban J connectivity index is 1.07. The Morgan fingerprint density at radius 2 is 1.57 bits per heavy atom. The van der Waals surface area contributed by atoms with Gasteiger partial charge in [-0.3, -0.25) is 14.5 Å². The van der Waals surface area contributed by atoms with Crippen LogP contribution in [0.1, 0.15) is 75.3 Å². The number of nitrogens with one attached hydrogen (secondary N) is 3. The number of aromatic nitrogens is 1. The number of anilines is 2. The zero-order valence-electron chi connectivity index (χ0n) is 43.5. The van der Waals surface area contributed by atoms with Crippen molar-refractivity contribution in [1.82, 2.24) is 20.1 Å². The predicted molar refractivity (Wildman–Crippen MR) is 282 cm³/mol. The third-order valence-corrected chi connectivity index (χ3v) is 18.3. The Hall–Kier alpha value is -6.68. The van der Waals surface area contributed by atoms with Crippen LogP contribution in [0.25, 0.3) is 22.0 Å². The number of methoxy groups -OCH3 is 3. The number of hydrogen-bond acceptors (Lipinski definition) is 12. The van der Waals surface area contributed by atoms with Gasteiger partial charge >= 0.3 is 23.9 Å². The van der Waals surface area contributed by atoms with E-state index in [1.807, 2.05) is 85.6 Å². The number of carbonyl (C=O) groups excluding carboxylic acids is 4. The molecule has 1 saturated carbocycles. The molecule has 1 spiro atoms. The van der Waals surface area contributed by atoms with Gasteiger partial charge in [0.05, 0.1) is 32.9 Å². The van der Waals surface area contributed by atoms with Crippen LogP contribution in [0.3, 0.4) is 0 Å². The van der Waals surface area contributed by atoms with Gasteiger partial charge in [0.2, 0.25) is 5.60 Å². The minimum atomic E-state index is -2.34. The van der Waals surface area contributed by atoms with Crippen molar-refractivity contribution >= 4 is 46.2 Å². The molecule has 4 unspecified atom stereocenters. The Labute approximate surface area is 432 Å². The molecule has 5 aliphatic heterocycles. The van der Waals surface area contributed by atoms with Crippen LogP contribution in [0.5, 0.6) is 5.75 Å². The molecule has 4 N–H and O–H groups in total. The van der Waals surface area contributed by atoms with Gasteiger partial charge in [-0.15, -0.1) is 0 Å². The van der Waals surface area contributed by atoms with Crippen molar-refractivity contribution in [2.24, 2.45) is 11.3 Å². The predicted octanol–water partition coefficient (Wildman–Crippen LogP) is 7.49. The number of aliphatic hydroxyl groups is 1. The highest BCUT2D eigenvalue weighted by molar-refractivity contribution is 5.95. The third kappa shape index (κ3) is 7.16. The van der Waals surface area contributed by atoms with E-state index in [0.29, 0.717) is 88.2 Å². The summed E-state index contributed by atoms with van der Waals surface area (Å²) >= 11 is 0. The maximum Gasteiger partial charge on any atom is 0.344 e. The SMILES string of the molecule is CCC1(NC(=O)Nc2ccc(-c3ccccc3)cc2)CC2CN(CCc3c([nH]c4ccccc34)[C@@](C(=O)OC)(c3cc4c(cc3OC)N(C)C3[C@]45CCN4CC=C[C@@](CC)([C@@H](OC(C)=O)[C@]3(O)C(=O)OC)[C@H]45)C2)C1. The summed E-state index contributed by atoms with van der Waals surface area (Å²) in [5.41, 5.74) is 1.13. The molecule has 74 heavy (non-hydrogen) atoms. The van der Waals surface area contributed by atoms with Crippen molar-refractivity contribution in [3.63, 3.8) is 0 Å².